The molecule has 1 amide bonds. The molecule has 14 heavy (non-hydrogen) atoms. The number of nitrogens with two attached hydrogens (primary N) is 1. The van der Waals surface area contributed by atoms with Crippen molar-refractivity contribution < 1.29 is 9.90 Å². The maximum atomic E-state index is 10.9. The first-order valence-electron chi connectivity index (χ1n) is 4.02. The summed E-state index contributed by atoms with van der Waals surface area (Å²) in [5, 5.41) is 9.75. The second-order valence-electron chi connectivity index (χ2n) is 2.87. The number of primary amides is 1. The van der Waals surface area contributed by atoms with Gasteiger partial charge in [-0.25, -0.2) is 4.40 Å². The van der Waals surface area contributed by atoms with Gasteiger partial charge in [0, 0.05) is 22.4 Å². The summed E-state index contributed by atoms with van der Waals surface area (Å²) in [6.07, 6.45) is -0.995. The Labute approximate surface area is 85.0 Å². The lowest BCUT2D eigenvalue weighted by atomic mass is 10.0. The van der Waals surface area contributed by atoms with Gasteiger partial charge >= 0.3 is 0 Å². The fourth-order valence-corrected chi connectivity index (χ4v) is 2.08. The molecule has 1 atom stereocenters. The van der Waals surface area contributed by atoms with Gasteiger partial charge in [-0.1, -0.05) is 18.2 Å². The van der Waals surface area contributed by atoms with Gasteiger partial charge in [0.15, 0.2) is 0 Å². The topological polar surface area (TPSA) is 75.7 Å². The lowest BCUT2D eigenvalue weighted by Crippen LogP contribution is -2.30. The molecule has 4 nitrogen and oxygen atoms in total. The van der Waals surface area contributed by atoms with Crippen molar-refractivity contribution in [1.29, 1.82) is 0 Å². The Morgan fingerprint density at radius 1 is 1.50 bits per heavy atom. The Bertz CT molecular complexity index is 417. The van der Waals surface area contributed by atoms with E-state index >= 15 is 0 Å². The van der Waals surface area contributed by atoms with Crippen molar-refractivity contribution in [3.63, 3.8) is 0 Å². The zero-order valence-electron chi connectivity index (χ0n) is 7.18. The number of fused-ring (bicyclic) bond motifs is 1. The molecule has 1 aromatic rings. The largest absolute Gasteiger partial charge is 0.382 e. The predicted molar refractivity (Wildman–Crippen MR) is 53.9 cm³/mol. The highest BCUT2D eigenvalue weighted by Gasteiger charge is 2.26. The average Bonchev–Trinajstić information content (AvgIpc) is 2.18. The van der Waals surface area contributed by atoms with Crippen LogP contribution in [0.15, 0.2) is 33.6 Å². The Morgan fingerprint density at radius 3 is 2.93 bits per heavy atom. The lowest BCUT2D eigenvalue weighted by Gasteiger charge is -2.18. The Hall–Kier alpha value is -1.33. The third-order valence-electron chi connectivity index (χ3n) is 1.97. The van der Waals surface area contributed by atoms with Crippen molar-refractivity contribution in [2.75, 3.05) is 0 Å². The minimum Gasteiger partial charge on any atom is -0.382 e. The van der Waals surface area contributed by atoms with E-state index < -0.39 is 12.0 Å². The van der Waals surface area contributed by atoms with Gasteiger partial charge in [0.25, 0.3) is 5.91 Å². The van der Waals surface area contributed by atoms with E-state index in [1.165, 1.54) is 0 Å². The van der Waals surface area contributed by atoms with Crippen LogP contribution in [-0.2, 0) is 4.79 Å². The van der Waals surface area contributed by atoms with Gasteiger partial charge in [-0.3, -0.25) is 4.79 Å². The van der Waals surface area contributed by atoms with Gasteiger partial charge in [0.2, 0.25) is 0 Å². The van der Waals surface area contributed by atoms with Crippen LogP contribution < -0.4 is 5.73 Å². The van der Waals surface area contributed by atoms with E-state index in [0.717, 1.165) is 16.8 Å². The molecule has 5 heteroatoms. The Kier molecular flexibility index (Phi) is 2.26. The zero-order valence-corrected chi connectivity index (χ0v) is 7.99. The van der Waals surface area contributed by atoms with Gasteiger partial charge in [-0.2, -0.15) is 0 Å². The molecule has 0 saturated carbocycles. The number of aliphatic hydroxyl groups is 1. The average molecular weight is 208 g/mol. The molecule has 0 aliphatic carbocycles. The summed E-state index contributed by atoms with van der Waals surface area (Å²) in [7, 11) is 0. The molecule has 72 valence electrons. The number of rotatable bonds is 1. The smallest absolute Gasteiger partial charge is 0.266 e. The summed E-state index contributed by atoms with van der Waals surface area (Å²) in [6, 6.07) is 7.24. The molecular weight excluding hydrogens is 200 g/mol. The molecule has 0 radical (unpaired) electrons. The van der Waals surface area contributed by atoms with E-state index in [1.807, 2.05) is 12.1 Å². The first-order valence-corrected chi connectivity index (χ1v) is 4.79. The van der Waals surface area contributed by atoms with Crippen molar-refractivity contribution in [3.8, 4) is 0 Å². The van der Waals surface area contributed by atoms with Crippen LogP contribution in [0, 0.1) is 0 Å². The minimum atomic E-state index is -0.995. The molecule has 0 fully saturated rings. The Balaban J connectivity index is 2.44. The molecule has 1 unspecified atom stereocenters. The number of aliphatic hydroxyl groups excluding tert-OH is 1. The number of benzene rings is 1. The summed E-state index contributed by atoms with van der Waals surface area (Å²) in [5.74, 6) is -0.681. The van der Waals surface area contributed by atoms with Crippen LogP contribution in [0.1, 0.15) is 11.7 Å². The highest BCUT2D eigenvalue weighted by molar-refractivity contribution is 7.98. The van der Waals surface area contributed by atoms with Gasteiger partial charge in [0.1, 0.15) is 11.8 Å². The van der Waals surface area contributed by atoms with Gasteiger partial charge in [0.05, 0.1) is 0 Å². The van der Waals surface area contributed by atoms with Crippen molar-refractivity contribution in [2.24, 2.45) is 10.1 Å². The first-order chi connectivity index (χ1) is 6.70. The number of nitrogens with zero attached hydrogens (tertiary/aromatic N) is 1. The van der Waals surface area contributed by atoms with Gasteiger partial charge in [-0.05, 0) is 6.07 Å². The number of hydrogen-bond donors (Lipinski definition) is 2. The molecule has 0 saturated heterocycles. The summed E-state index contributed by atoms with van der Waals surface area (Å²) in [4.78, 5) is 11.7. The van der Waals surface area contributed by atoms with Crippen LogP contribution in [0.25, 0.3) is 0 Å². The fraction of sp³-hybridized carbons (Fsp3) is 0.111. The molecule has 1 aliphatic heterocycles. The monoisotopic (exact) mass is 208 g/mol. The third kappa shape index (κ3) is 1.40. The minimum absolute atomic E-state index is 0.00806. The predicted octanol–water partition coefficient (Wildman–Crippen LogP) is 0.667. The standard InChI is InChI=1S/C9H8N2O2S/c10-9(13)7-8(12)5-3-1-2-4-6(5)14-11-7/h1-4,8,12H,(H2,10,13). The molecule has 2 rings (SSSR count). The van der Waals surface area contributed by atoms with Crippen molar-refractivity contribution in [1.82, 2.24) is 0 Å². The second-order valence-corrected chi connectivity index (χ2v) is 3.68. The normalized spacial score (nSPS) is 19.8. The van der Waals surface area contributed by atoms with Gasteiger partial charge in [-0.15, -0.1) is 0 Å². The molecular formula is C9H8N2O2S. The summed E-state index contributed by atoms with van der Waals surface area (Å²) >= 11 is 1.16. The van der Waals surface area contributed by atoms with Crippen molar-refractivity contribution in [2.45, 2.75) is 11.0 Å². The van der Waals surface area contributed by atoms with E-state index in [0.29, 0.717) is 5.56 Å². The molecule has 0 bridgehead atoms. The second kappa shape index (κ2) is 3.43. The number of carbonyl (C=O) groups excluding carboxylic acids is 1. The van der Waals surface area contributed by atoms with Crippen LogP contribution in [0.5, 0.6) is 0 Å². The van der Waals surface area contributed by atoms with E-state index in [4.69, 9.17) is 5.73 Å². The molecule has 1 aromatic carbocycles. The third-order valence-corrected chi connectivity index (χ3v) is 2.82. The van der Waals surface area contributed by atoms with E-state index in [1.54, 1.807) is 12.1 Å². The number of hydrogen-bond acceptors (Lipinski definition) is 4. The van der Waals surface area contributed by atoms with Crippen LogP contribution in [-0.4, -0.2) is 16.7 Å². The Morgan fingerprint density at radius 2 is 2.21 bits per heavy atom. The molecule has 3 N–H and O–H groups in total. The van der Waals surface area contributed by atoms with Crippen molar-refractivity contribution in [3.05, 3.63) is 29.8 Å². The fourth-order valence-electron chi connectivity index (χ4n) is 1.26. The summed E-state index contributed by atoms with van der Waals surface area (Å²) in [5.41, 5.74) is 5.76. The highest BCUT2D eigenvalue weighted by atomic mass is 32.2. The van der Waals surface area contributed by atoms with Crippen LogP contribution >= 0.6 is 11.9 Å². The maximum absolute atomic E-state index is 10.9. The van der Waals surface area contributed by atoms with Crippen molar-refractivity contribution >= 4 is 23.6 Å². The maximum Gasteiger partial charge on any atom is 0.266 e. The molecule has 1 aliphatic rings. The van der Waals surface area contributed by atoms with Crippen LogP contribution in [0.4, 0.5) is 0 Å². The lowest BCUT2D eigenvalue weighted by molar-refractivity contribution is -0.112. The first kappa shape index (κ1) is 9.23. The van der Waals surface area contributed by atoms with E-state index in [2.05, 4.69) is 4.40 Å². The molecule has 0 aromatic heterocycles. The summed E-state index contributed by atoms with van der Waals surface area (Å²) in [6.45, 7) is 0. The SMILES string of the molecule is NC(=O)C1=NSc2ccccc2C1O. The highest BCUT2D eigenvalue weighted by Crippen LogP contribution is 2.34. The zero-order chi connectivity index (χ0) is 10.1. The van der Waals surface area contributed by atoms with Crippen LogP contribution in [0.2, 0.25) is 0 Å². The summed E-state index contributed by atoms with van der Waals surface area (Å²) < 4.78 is 3.86. The number of amides is 1. The van der Waals surface area contributed by atoms with Crippen LogP contribution in [0.3, 0.4) is 0 Å². The van der Waals surface area contributed by atoms with E-state index in [9.17, 15) is 9.90 Å². The quantitative estimate of drug-likeness (QED) is 0.666. The van der Waals surface area contributed by atoms with Gasteiger partial charge < -0.3 is 10.8 Å². The number of carbonyl (C=O) groups is 1. The van der Waals surface area contributed by atoms with E-state index in [-0.39, 0.29) is 5.71 Å². The molecule has 1 heterocycles. The molecule has 0 spiro atoms.